The van der Waals surface area contributed by atoms with Crippen LogP contribution in [0.1, 0.15) is 18.9 Å². The van der Waals surface area contributed by atoms with Crippen molar-refractivity contribution in [3.05, 3.63) is 29.6 Å². The van der Waals surface area contributed by atoms with Crippen LogP contribution in [0.25, 0.3) is 0 Å². The van der Waals surface area contributed by atoms with Crippen molar-refractivity contribution in [2.45, 2.75) is 13.3 Å². The Balaban J connectivity index is 2.98. The van der Waals surface area contributed by atoms with Gasteiger partial charge in [-0.1, -0.05) is 11.8 Å². The minimum absolute atomic E-state index is 0.0596. The summed E-state index contributed by atoms with van der Waals surface area (Å²) >= 11 is 0. The molecule has 0 aliphatic carbocycles. The molecule has 1 rings (SSSR count). The van der Waals surface area contributed by atoms with Gasteiger partial charge in [0.1, 0.15) is 5.82 Å². The highest BCUT2D eigenvalue weighted by Gasteiger charge is 2.08. The van der Waals surface area contributed by atoms with Gasteiger partial charge >= 0.3 is 0 Å². The zero-order valence-electron chi connectivity index (χ0n) is 9.90. The fraction of sp³-hybridized carbons (Fsp3) is 0.333. The van der Waals surface area contributed by atoms with Crippen LogP contribution < -0.4 is 4.72 Å². The van der Waals surface area contributed by atoms with Gasteiger partial charge in [-0.3, -0.25) is 4.72 Å². The van der Waals surface area contributed by atoms with E-state index in [1.807, 2.05) is 0 Å². The molecule has 0 aliphatic rings. The molecule has 2 N–H and O–H groups in total. The molecule has 0 fully saturated rings. The lowest BCUT2D eigenvalue weighted by atomic mass is 10.2. The molecular weight excluding hydrogens is 257 g/mol. The van der Waals surface area contributed by atoms with E-state index in [2.05, 4.69) is 16.6 Å². The van der Waals surface area contributed by atoms with Gasteiger partial charge in [0.25, 0.3) is 0 Å². The van der Waals surface area contributed by atoms with Crippen LogP contribution >= 0.6 is 0 Å². The van der Waals surface area contributed by atoms with Gasteiger partial charge in [0.15, 0.2) is 0 Å². The maximum Gasteiger partial charge on any atom is 0.232 e. The Morgan fingerprint density at radius 1 is 1.44 bits per heavy atom. The van der Waals surface area contributed by atoms with Crippen LogP contribution in [-0.4, -0.2) is 25.9 Å². The molecule has 0 saturated heterocycles. The number of hydrogen-bond donors (Lipinski definition) is 2. The van der Waals surface area contributed by atoms with Gasteiger partial charge in [-0.15, -0.1) is 0 Å². The van der Waals surface area contributed by atoms with Gasteiger partial charge in [-0.25, -0.2) is 12.8 Å². The smallest absolute Gasteiger partial charge is 0.232 e. The Morgan fingerprint density at radius 2 is 2.17 bits per heavy atom. The molecular formula is C12H14FNO3S. The summed E-state index contributed by atoms with van der Waals surface area (Å²) in [5, 5.41) is 8.57. The van der Waals surface area contributed by atoms with E-state index in [-0.39, 0.29) is 30.0 Å². The molecule has 0 bridgehead atoms. The van der Waals surface area contributed by atoms with E-state index in [1.54, 1.807) is 0 Å². The Kier molecular flexibility index (Phi) is 5.13. The molecule has 0 heterocycles. The Hall–Kier alpha value is -1.58. The van der Waals surface area contributed by atoms with Crippen LogP contribution in [0, 0.1) is 17.7 Å². The number of sulfonamides is 1. The highest BCUT2D eigenvalue weighted by molar-refractivity contribution is 7.92. The summed E-state index contributed by atoms with van der Waals surface area (Å²) in [6, 6.07) is 3.81. The number of halogens is 1. The second-order valence-corrected chi connectivity index (χ2v) is 5.49. The topological polar surface area (TPSA) is 66.4 Å². The number of hydrogen-bond acceptors (Lipinski definition) is 3. The third-order valence-corrected chi connectivity index (χ3v) is 3.39. The average Bonchev–Trinajstić information content (AvgIpc) is 2.33. The monoisotopic (exact) mass is 271 g/mol. The predicted octanol–water partition coefficient (Wildman–Crippen LogP) is 1.32. The largest absolute Gasteiger partial charge is 0.395 e. The number of rotatable bonds is 4. The number of anilines is 1. The second-order valence-electron chi connectivity index (χ2n) is 3.48. The summed E-state index contributed by atoms with van der Waals surface area (Å²) in [5.74, 6) is 4.53. The molecule has 6 heteroatoms. The first kappa shape index (κ1) is 14.5. The lowest BCUT2D eigenvalue weighted by Gasteiger charge is -2.06. The lowest BCUT2D eigenvalue weighted by Crippen LogP contribution is -2.14. The first-order valence-corrected chi connectivity index (χ1v) is 7.03. The molecule has 0 amide bonds. The van der Waals surface area contributed by atoms with E-state index >= 15 is 0 Å². The van der Waals surface area contributed by atoms with Crippen LogP contribution in [0.3, 0.4) is 0 Å². The van der Waals surface area contributed by atoms with Crippen molar-refractivity contribution < 1.29 is 17.9 Å². The SMILES string of the molecule is CCS(=O)(=O)Nc1ccc(F)c(C#CCCO)c1. The fourth-order valence-electron chi connectivity index (χ4n) is 1.15. The van der Waals surface area contributed by atoms with Crippen molar-refractivity contribution in [2.24, 2.45) is 0 Å². The van der Waals surface area contributed by atoms with Crippen LogP contribution in [-0.2, 0) is 10.0 Å². The fourth-order valence-corrected chi connectivity index (χ4v) is 1.78. The number of aliphatic hydroxyl groups excluding tert-OH is 1. The average molecular weight is 271 g/mol. The number of nitrogens with one attached hydrogen (secondary N) is 1. The molecule has 1 aromatic carbocycles. The maximum atomic E-state index is 13.4. The molecule has 18 heavy (non-hydrogen) atoms. The first-order chi connectivity index (χ1) is 8.48. The molecule has 1 aromatic rings. The maximum absolute atomic E-state index is 13.4. The summed E-state index contributed by atoms with van der Waals surface area (Å²) in [6.07, 6.45) is 0.240. The van der Waals surface area contributed by atoms with Gasteiger partial charge in [0.05, 0.1) is 17.9 Å². The van der Waals surface area contributed by atoms with Gasteiger partial charge in [-0.05, 0) is 25.1 Å². The van der Waals surface area contributed by atoms with Crippen LogP contribution in [0.5, 0.6) is 0 Å². The van der Waals surface area contributed by atoms with E-state index in [0.29, 0.717) is 0 Å². The quantitative estimate of drug-likeness (QED) is 0.812. The zero-order chi connectivity index (χ0) is 13.6. The molecule has 0 saturated carbocycles. The Bertz CT molecular complexity index is 573. The molecule has 0 radical (unpaired) electrons. The lowest BCUT2D eigenvalue weighted by molar-refractivity contribution is 0.305. The molecule has 0 unspecified atom stereocenters. The third-order valence-electron chi connectivity index (χ3n) is 2.08. The number of aliphatic hydroxyl groups is 1. The van der Waals surface area contributed by atoms with E-state index in [0.717, 1.165) is 6.07 Å². The molecule has 98 valence electrons. The summed E-state index contributed by atoms with van der Waals surface area (Å²) < 4.78 is 38.4. The zero-order valence-corrected chi connectivity index (χ0v) is 10.7. The minimum Gasteiger partial charge on any atom is -0.395 e. The molecule has 0 aromatic heterocycles. The highest BCUT2D eigenvalue weighted by atomic mass is 32.2. The first-order valence-electron chi connectivity index (χ1n) is 5.38. The van der Waals surface area contributed by atoms with Crippen molar-refractivity contribution in [1.82, 2.24) is 0 Å². The molecule has 0 atom stereocenters. The highest BCUT2D eigenvalue weighted by Crippen LogP contribution is 2.15. The van der Waals surface area contributed by atoms with Crippen molar-refractivity contribution in [1.29, 1.82) is 0 Å². The van der Waals surface area contributed by atoms with Crippen LogP contribution in [0.15, 0.2) is 18.2 Å². The van der Waals surface area contributed by atoms with Gasteiger partial charge < -0.3 is 5.11 Å². The van der Waals surface area contributed by atoms with E-state index < -0.39 is 15.8 Å². The summed E-state index contributed by atoms with van der Waals surface area (Å²) in [4.78, 5) is 0. The summed E-state index contributed by atoms with van der Waals surface area (Å²) in [5.41, 5.74) is 0.367. The van der Waals surface area contributed by atoms with E-state index in [1.165, 1.54) is 19.1 Å². The molecule has 0 aliphatic heterocycles. The van der Waals surface area contributed by atoms with E-state index in [9.17, 15) is 12.8 Å². The van der Waals surface area contributed by atoms with Crippen molar-refractivity contribution >= 4 is 15.7 Å². The third kappa shape index (κ3) is 4.35. The summed E-state index contributed by atoms with van der Waals surface area (Å²) in [6.45, 7) is 1.41. The second kappa shape index (κ2) is 6.38. The van der Waals surface area contributed by atoms with Gasteiger partial charge in [0, 0.05) is 12.1 Å². The normalized spacial score (nSPS) is 10.6. The van der Waals surface area contributed by atoms with Crippen molar-refractivity contribution in [2.75, 3.05) is 17.1 Å². The van der Waals surface area contributed by atoms with Crippen LogP contribution in [0.2, 0.25) is 0 Å². The molecule has 4 nitrogen and oxygen atoms in total. The Labute approximate surface area is 106 Å². The predicted molar refractivity (Wildman–Crippen MR) is 68.1 cm³/mol. The number of benzene rings is 1. The van der Waals surface area contributed by atoms with Gasteiger partial charge in [-0.2, -0.15) is 0 Å². The minimum atomic E-state index is -3.39. The van der Waals surface area contributed by atoms with E-state index in [4.69, 9.17) is 5.11 Å². The standard InChI is InChI=1S/C12H14FNO3S/c1-2-18(16,17)14-11-6-7-12(13)10(9-11)5-3-4-8-15/h6-7,9,14-15H,2,4,8H2,1H3. The van der Waals surface area contributed by atoms with Crippen molar-refractivity contribution in [3.63, 3.8) is 0 Å². The van der Waals surface area contributed by atoms with Crippen LogP contribution in [0.4, 0.5) is 10.1 Å². The summed E-state index contributed by atoms with van der Waals surface area (Å²) in [7, 11) is -3.39. The van der Waals surface area contributed by atoms with Gasteiger partial charge in [0.2, 0.25) is 10.0 Å². The molecule has 0 spiro atoms. The van der Waals surface area contributed by atoms with Crippen molar-refractivity contribution in [3.8, 4) is 11.8 Å². The Morgan fingerprint density at radius 3 is 2.78 bits per heavy atom.